The second-order valence-electron chi connectivity index (χ2n) is 5.59. The Bertz CT molecular complexity index is 431. The highest BCUT2D eigenvalue weighted by atomic mass is 16.5. The van der Waals surface area contributed by atoms with Gasteiger partial charge >= 0.3 is 0 Å². The van der Waals surface area contributed by atoms with Crippen LogP contribution in [-0.2, 0) is 11.3 Å². The number of fused-ring (bicyclic) bond motifs is 1. The van der Waals surface area contributed by atoms with E-state index in [2.05, 4.69) is 18.7 Å². The zero-order chi connectivity index (χ0) is 13.9. The molecule has 1 aliphatic rings. The maximum Gasteiger partial charge on any atom is 0.143 e. The molecule has 0 spiro atoms. The summed E-state index contributed by atoms with van der Waals surface area (Å²) in [4.78, 5) is 2.32. The van der Waals surface area contributed by atoms with Gasteiger partial charge in [0.2, 0.25) is 0 Å². The lowest BCUT2D eigenvalue weighted by Crippen LogP contribution is -2.47. The van der Waals surface area contributed by atoms with Crippen LogP contribution in [0, 0.1) is 0 Å². The number of benzene rings is 1. The Balaban J connectivity index is 2.23. The Morgan fingerprint density at radius 1 is 1.42 bits per heavy atom. The monoisotopic (exact) mass is 265 g/mol. The molecule has 0 fully saturated rings. The first-order chi connectivity index (χ1) is 9.05. The molecule has 0 radical (unpaired) electrons. The van der Waals surface area contributed by atoms with Crippen molar-refractivity contribution < 1.29 is 14.6 Å². The summed E-state index contributed by atoms with van der Waals surface area (Å²) in [5.41, 5.74) is 1.79. The summed E-state index contributed by atoms with van der Waals surface area (Å²) in [6, 6.07) is 5.87. The van der Waals surface area contributed by atoms with Crippen LogP contribution in [0.2, 0.25) is 0 Å². The average Bonchev–Trinajstić information content (AvgIpc) is 2.37. The summed E-state index contributed by atoms with van der Waals surface area (Å²) >= 11 is 0. The maximum atomic E-state index is 9.26. The number of methoxy groups -OCH3 is 1. The van der Waals surface area contributed by atoms with E-state index >= 15 is 0 Å². The van der Waals surface area contributed by atoms with Crippen LogP contribution in [0.3, 0.4) is 0 Å². The summed E-state index contributed by atoms with van der Waals surface area (Å²) in [6.45, 7) is 6.79. The third-order valence-corrected chi connectivity index (χ3v) is 3.28. The van der Waals surface area contributed by atoms with Gasteiger partial charge in [0, 0.05) is 20.3 Å². The molecule has 4 heteroatoms. The Hall–Kier alpha value is -1.26. The van der Waals surface area contributed by atoms with Crippen LogP contribution in [0.15, 0.2) is 18.2 Å². The van der Waals surface area contributed by atoms with E-state index in [9.17, 15) is 5.11 Å². The van der Waals surface area contributed by atoms with Crippen LogP contribution in [0.1, 0.15) is 25.8 Å². The van der Waals surface area contributed by atoms with Crippen LogP contribution in [0.4, 0.5) is 5.69 Å². The van der Waals surface area contributed by atoms with Gasteiger partial charge in [-0.1, -0.05) is 6.07 Å². The number of ether oxygens (including phenoxy) is 2. The van der Waals surface area contributed by atoms with Gasteiger partial charge in [0.1, 0.15) is 11.4 Å². The van der Waals surface area contributed by atoms with Crippen LogP contribution >= 0.6 is 0 Å². The van der Waals surface area contributed by atoms with E-state index in [0.717, 1.165) is 43.1 Å². The van der Waals surface area contributed by atoms with Crippen molar-refractivity contribution in [2.75, 3.05) is 31.7 Å². The molecule has 19 heavy (non-hydrogen) atoms. The van der Waals surface area contributed by atoms with Gasteiger partial charge in [0.25, 0.3) is 0 Å². The first-order valence-corrected chi connectivity index (χ1v) is 6.72. The Morgan fingerprint density at radius 3 is 2.89 bits per heavy atom. The fourth-order valence-electron chi connectivity index (χ4n) is 2.47. The van der Waals surface area contributed by atoms with Gasteiger partial charge in [-0.25, -0.2) is 0 Å². The molecule has 2 rings (SSSR count). The van der Waals surface area contributed by atoms with Crippen molar-refractivity contribution in [2.45, 2.75) is 32.5 Å². The number of nitrogens with zero attached hydrogens (tertiary/aromatic N) is 1. The topological polar surface area (TPSA) is 41.9 Å². The highest BCUT2D eigenvalue weighted by Crippen LogP contribution is 2.37. The van der Waals surface area contributed by atoms with E-state index in [-0.39, 0.29) is 12.2 Å². The van der Waals surface area contributed by atoms with Gasteiger partial charge in [0.05, 0.1) is 18.8 Å². The third-order valence-electron chi connectivity index (χ3n) is 3.28. The van der Waals surface area contributed by atoms with E-state index in [1.165, 1.54) is 0 Å². The molecule has 1 heterocycles. The number of rotatable bonds is 5. The lowest BCUT2D eigenvalue weighted by atomic mass is 10.0. The van der Waals surface area contributed by atoms with Gasteiger partial charge in [-0.05, 0) is 38.0 Å². The van der Waals surface area contributed by atoms with Crippen LogP contribution in [0.25, 0.3) is 0 Å². The van der Waals surface area contributed by atoms with E-state index in [0.29, 0.717) is 0 Å². The standard InChI is InChI=1S/C15H23NO3/c1-15(2)11-16(7-4-8-18-3)13-9-12(10-17)5-6-14(13)19-15/h5-6,9,17H,4,7-8,10-11H2,1-3H3. The predicted molar refractivity (Wildman–Crippen MR) is 75.8 cm³/mol. The summed E-state index contributed by atoms with van der Waals surface area (Å²) < 4.78 is 11.1. The van der Waals surface area contributed by atoms with E-state index in [1.807, 2.05) is 18.2 Å². The van der Waals surface area contributed by atoms with Gasteiger partial charge < -0.3 is 19.5 Å². The molecule has 0 amide bonds. The van der Waals surface area contributed by atoms with Gasteiger partial charge in [-0.3, -0.25) is 0 Å². The van der Waals surface area contributed by atoms with Crippen LogP contribution in [0.5, 0.6) is 5.75 Å². The quantitative estimate of drug-likeness (QED) is 0.829. The van der Waals surface area contributed by atoms with E-state index < -0.39 is 0 Å². The summed E-state index contributed by atoms with van der Waals surface area (Å²) in [5.74, 6) is 0.894. The Labute approximate surface area is 114 Å². The molecule has 0 saturated carbocycles. The molecular formula is C15H23NO3. The number of aliphatic hydroxyl groups is 1. The lowest BCUT2D eigenvalue weighted by Gasteiger charge is -2.41. The van der Waals surface area contributed by atoms with Crippen LogP contribution < -0.4 is 9.64 Å². The minimum Gasteiger partial charge on any atom is -0.484 e. The van der Waals surface area contributed by atoms with Crippen molar-refractivity contribution >= 4 is 5.69 Å². The van der Waals surface area contributed by atoms with Gasteiger partial charge in [-0.2, -0.15) is 0 Å². The fourth-order valence-corrected chi connectivity index (χ4v) is 2.47. The highest BCUT2D eigenvalue weighted by molar-refractivity contribution is 5.62. The molecule has 1 aromatic rings. The summed E-state index contributed by atoms with van der Waals surface area (Å²) in [7, 11) is 1.72. The minimum absolute atomic E-state index is 0.0581. The molecule has 1 aliphatic heterocycles. The molecule has 0 saturated heterocycles. The molecule has 4 nitrogen and oxygen atoms in total. The lowest BCUT2D eigenvalue weighted by molar-refractivity contribution is 0.104. The van der Waals surface area contributed by atoms with Crippen molar-refractivity contribution in [1.82, 2.24) is 0 Å². The Kier molecular flexibility index (Phi) is 4.32. The fraction of sp³-hybridized carbons (Fsp3) is 0.600. The highest BCUT2D eigenvalue weighted by Gasteiger charge is 2.31. The first-order valence-electron chi connectivity index (χ1n) is 6.72. The number of hydrogen-bond acceptors (Lipinski definition) is 4. The maximum absolute atomic E-state index is 9.26. The number of aliphatic hydroxyl groups excluding tert-OH is 1. The third kappa shape index (κ3) is 3.39. The normalized spacial score (nSPS) is 16.9. The molecule has 1 aromatic carbocycles. The molecule has 0 unspecified atom stereocenters. The molecular weight excluding hydrogens is 242 g/mol. The van der Waals surface area contributed by atoms with Crippen LogP contribution in [-0.4, -0.2) is 37.5 Å². The predicted octanol–water partition coefficient (Wildman–Crippen LogP) is 2.19. The number of anilines is 1. The summed E-state index contributed by atoms with van der Waals surface area (Å²) in [6.07, 6.45) is 0.982. The molecule has 1 N–H and O–H groups in total. The van der Waals surface area contributed by atoms with Crippen molar-refractivity contribution in [2.24, 2.45) is 0 Å². The zero-order valence-electron chi connectivity index (χ0n) is 12.0. The van der Waals surface area contributed by atoms with E-state index in [1.54, 1.807) is 7.11 Å². The molecule has 0 aromatic heterocycles. The largest absolute Gasteiger partial charge is 0.484 e. The second-order valence-corrected chi connectivity index (χ2v) is 5.59. The smallest absolute Gasteiger partial charge is 0.143 e. The minimum atomic E-state index is -0.194. The van der Waals surface area contributed by atoms with Crippen molar-refractivity contribution in [3.63, 3.8) is 0 Å². The van der Waals surface area contributed by atoms with Gasteiger partial charge in [-0.15, -0.1) is 0 Å². The van der Waals surface area contributed by atoms with E-state index in [4.69, 9.17) is 9.47 Å². The van der Waals surface area contributed by atoms with Crippen molar-refractivity contribution in [1.29, 1.82) is 0 Å². The molecule has 0 atom stereocenters. The Morgan fingerprint density at radius 2 is 2.21 bits per heavy atom. The van der Waals surface area contributed by atoms with Crippen molar-refractivity contribution in [3.05, 3.63) is 23.8 Å². The first kappa shape index (κ1) is 14.2. The SMILES string of the molecule is COCCCN1CC(C)(C)Oc2ccc(CO)cc21. The zero-order valence-corrected chi connectivity index (χ0v) is 12.0. The number of hydrogen-bond donors (Lipinski definition) is 1. The second kappa shape index (κ2) is 5.80. The molecule has 0 aliphatic carbocycles. The molecule has 106 valence electrons. The molecule has 0 bridgehead atoms. The summed E-state index contributed by atoms with van der Waals surface area (Å²) in [5, 5.41) is 9.26. The average molecular weight is 265 g/mol. The van der Waals surface area contributed by atoms with Crippen molar-refractivity contribution in [3.8, 4) is 5.75 Å². The van der Waals surface area contributed by atoms with Gasteiger partial charge in [0.15, 0.2) is 0 Å².